The fourth-order valence-electron chi connectivity index (χ4n) is 2.26. The Morgan fingerprint density at radius 3 is 2.89 bits per heavy atom. The van der Waals surface area contributed by atoms with E-state index in [1.807, 2.05) is 12.1 Å². The van der Waals surface area contributed by atoms with Gasteiger partial charge in [-0.3, -0.25) is 0 Å². The van der Waals surface area contributed by atoms with Crippen molar-refractivity contribution in [2.75, 3.05) is 13.7 Å². The van der Waals surface area contributed by atoms with Gasteiger partial charge in [-0.1, -0.05) is 12.1 Å². The van der Waals surface area contributed by atoms with Crippen LogP contribution in [0.15, 0.2) is 58.1 Å². The first-order valence-electron chi connectivity index (χ1n) is 8.12. The largest absolute Gasteiger partial charge is 0.493 e. The van der Waals surface area contributed by atoms with E-state index in [9.17, 15) is 4.79 Å². The molecule has 0 amide bonds. The third-order valence-electron chi connectivity index (χ3n) is 3.51. The van der Waals surface area contributed by atoms with E-state index in [-0.39, 0.29) is 25.0 Å². The van der Waals surface area contributed by atoms with Crippen molar-refractivity contribution >= 4 is 5.97 Å². The lowest BCUT2D eigenvalue weighted by molar-refractivity contribution is -0.148. The van der Waals surface area contributed by atoms with Crippen LogP contribution in [0.4, 0.5) is 0 Å². The van der Waals surface area contributed by atoms with Crippen LogP contribution in [0.25, 0.3) is 11.7 Å². The third kappa shape index (κ3) is 4.75. The molecule has 0 radical (unpaired) electrons. The maximum absolute atomic E-state index is 11.9. The van der Waals surface area contributed by atoms with E-state index in [2.05, 4.69) is 16.8 Å². The first-order chi connectivity index (χ1) is 13.2. The highest BCUT2D eigenvalue weighted by Crippen LogP contribution is 2.28. The van der Waals surface area contributed by atoms with Crippen LogP contribution >= 0.6 is 0 Å². The predicted molar refractivity (Wildman–Crippen MR) is 94.2 cm³/mol. The van der Waals surface area contributed by atoms with Crippen LogP contribution in [-0.4, -0.2) is 29.9 Å². The maximum Gasteiger partial charge on any atom is 0.344 e. The van der Waals surface area contributed by atoms with Crippen molar-refractivity contribution in [3.8, 4) is 23.1 Å². The molecule has 0 fully saturated rings. The van der Waals surface area contributed by atoms with Crippen molar-refractivity contribution in [2.24, 2.45) is 0 Å². The summed E-state index contributed by atoms with van der Waals surface area (Å²) in [5, 5.41) is 7.61. The molecule has 0 saturated carbocycles. The molecule has 0 unspecified atom stereocenters. The van der Waals surface area contributed by atoms with Gasteiger partial charge in [0.2, 0.25) is 0 Å². The van der Waals surface area contributed by atoms with E-state index in [4.69, 9.17) is 23.0 Å². The van der Waals surface area contributed by atoms with Gasteiger partial charge in [0, 0.05) is 0 Å². The molecule has 0 aliphatic carbocycles. The smallest absolute Gasteiger partial charge is 0.344 e. The topological polar surface area (TPSA) is 96.8 Å². The molecule has 0 bridgehead atoms. The molecule has 140 valence electrons. The molecule has 2 heterocycles. The Bertz CT molecular complexity index is 901. The van der Waals surface area contributed by atoms with Gasteiger partial charge in [0.25, 0.3) is 11.8 Å². The van der Waals surface area contributed by atoms with Gasteiger partial charge in [-0.05, 0) is 36.2 Å². The summed E-state index contributed by atoms with van der Waals surface area (Å²) in [6, 6.07) is 8.83. The number of hydrogen-bond donors (Lipinski definition) is 0. The predicted octanol–water partition coefficient (Wildman–Crippen LogP) is 3.19. The van der Waals surface area contributed by atoms with Gasteiger partial charge < -0.3 is 23.0 Å². The van der Waals surface area contributed by atoms with E-state index in [0.717, 1.165) is 5.56 Å². The number of hydrogen-bond acceptors (Lipinski definition) is 8. The quantitative estimate of drug-likeness (QED) is 0.418. The summed E-state index contributed by atoms with van der Waals surface area (Å²) in [4.78, 5) is 11.9. The second-order valence-electron chi connectivity index (χ2n) is 5.41. The molecule has 0 aliphatic heterocycles. The molecule has 27 heavy (non-hydrogen) atoms. The van der Waals surface area contributed by atoms with Crippen LogP contribution in [0.2, 0.25) is 0 Å². The van der Waals surface area contributed by atoms with Gasteiger partial charge >= 0.3 is 5.97 Å². The average molecular weight is 370 g/mol. The normalized spacial score (nSPS) is 10.4. The molecule has 2 aromatic heterocycles. The zero-order valence-corrected chi connectivity index (χ0v) is 14.7. The molecule has 3 rings (SSSR count). The zero-order chi connectivity index (χ0) is 19.1. The number of methoxy groups -OCH3 is 1. The molecular weight excluding hydrogens is 352 g/mol. The summed E-state index contributed by atoms with van der Waals surface area (Å²) in [6.07, 6.45) is 4.00. The summed E-state index contributed by atoms with van der Waals surface area (Å²) < 4.78 is 26.3. The number of aromatic nitrogens is 2. The molecule has 3 aromatic rings. The minimum absolute atomic E-state index is 0.154. The number of carbonyl (C=O) groups is 1. The molecule has 8 heteroatoms. The molecule has 1 aromatic carbocycles. The standard InChI is InChI=1S/C19H18N2O6/c1-3-5-13-7-8-14(16(10-13)23-2)25-12-18(22)26-11-17-20-21-19(27-17)15-6-4-9-24-15/h3-4,6-10H,1,5,11-12H2,2H3. The first-order valence-corrected chi connectivity index (χ1v) is 8.12. The number of nitrogens with zero attached hydrogens (tertiary/aromatic N) is 2. The Kier molecular flexibility index (Phi) is 5.88. The molecule has 0 atom stereocenters. The second kappa shape index (κ2) is 8.70. The lowest BCUT2D eigenvalue weighted by Crippen LogP contribution is -2.15. The van der Waals surface area contributed by atoms with E-state index in [1.54, 1.807) is 24.3 Å². The number of benzene rings is 1. The van der Waals surface area contributed by atoms with Crippen LogP contribution in [-0.2, 0) is 22.6 Å². The third-order valence-corrected chi connectivity index (χ3v) is 3.51. The monoisotopic (exact) mass is 370 g/mol. The number of ether oxygens (including phenoxy) is 3. The number of carbonyl (C=O) groups excluding carboxylic acids is 1. The van der Waals surface area contributed by atoms with Gasteiger partial charge in [-0.15, -0.1) is 16.8 Å². The van der Waals surface area contributed by atoms with Crippen LogP contribution < -0.4 is 9.47 Å². The Morgan fingerprint density at radius 2 is 2.15 bits per heavy atom. The Morgan fingerprint density at radius 1 is 1.26 bits per heavy atom. The van der Waals surface area contributed by atoms with Gasteiger partial charge in [0.1, 0.15) is 0 Å². The number of rotatable bonds is 9. The summed E-state index contributed by atoms with van der Waals surface area (Å²) in [5.74, 6) is 1.20. The van der Waals surface area contributed by atoms with E-state index in [1.165, 1.54) is 13.4 Å². The van der Waals surface area contributed by atoms with Crippen molar-refractivity contribution in [1.82, 2.24) is 10.2 Å². The summed E-state index contributed by atoms with van der Waals surface area (Å²) >= 11 is 0. The lowest BCUT2D eigenvalue weighted by atomic mass is 10.1. The molecular formula is C19H18N2O6. The number of esters is 1. The fraction of sp³-hybridized carbons (Fsp3) is 0.211. The molecule has 0 N–H and O–H groups in total. The molecule has 8 nitrogen and oxygen atoms in total. The van der Waals surface area contributed by atoms with E-state index in [0.29, 0.717) is 23.7 Å². The highest BCUT2D eigenvalue weighted by atomic mass is 16.6. The minimum Gasteiger partial charge on any atom is -0.493 e. The van der Waals surface area contributed by atoms with E-state index >= 15 is 0 Å². The van der Waals surface area contributed by atoms with Gasteiger partial charge in [0.05, 0.1) is 13.4 Å². The Balaban J connectivity index is 1.50. The van der Waals surface area contributed by atoms with Crippen LogP contribution in [0, 0.1) is 0 Å². The molecule has 0 spiro atoms. The Labute approximate surface area is 155 Å². The van der Waals surface area contributed by atoms with Crippen molar-refractivity contribution in [3.05, 3.63) is 60.7 Å². The summed E-state index contributed by atoms with van der Waals surface area (Å²) in [7, 11) is 1.53. The second-order valence-corrected chi connectivity index (χ2v) is 5.41. The number of allylic oxidation sites excluding steroid dienone is 1. The minimum atomic E-state index is -0.579. The van der Waals surface area contributed by atoms with Gasteiger partial charge in [-0.25, -0.2) is 4.79 Å². The highest BCUT2D eigenvalue weighted by molar-refractivity contribution is 5.71. The summed E-state index contributed by atoms with van der Waals surface area (Å²) in [6.45, 7) is 3.26. The number of furan rings is 1. The average Bonchev–Trinajstić information content (AvgIpc) is 3.37. The van der Waals surface area contributed by atoms with Gasteiger partial charge in [-0.2, -0.15) is 0 Å². The van der Waals surface area contributed by atoms with Crippen molar-refractivity contribution in [1.29, 1.82) is 0 Å². The summed E-state index contributed by atoms with van der Waals surface area (Å²) in [5.41, 5.74) is 1.03. The van der Waals surface area contributed by atoms with Crippen molar-refractivity contribution in [3.63, 3.8) is 0 Å². The molecule has 0 saturated heterocycles. The Hall–Kier alpha value is -3.55. The fourth-order valence-corrected chi connectivity index (χ4v) is 2.26. The van der Waals surface area contributed by atoms with Crippen molar-refractivity contribution in [2.45, 2.75) is 13.0 Å². The van der Waals surface area contributed by atoms with Crippen molar-refractivity contribution < 1.29 is 27.8 Å². The lowest BCUT2D eigenvalue weighted by Gasteiger charge is -2.11. The van der Waals surface area contributed by atoms with Crippen LogP contribution in [0.1, 0.15) is 11.5 Å². The van der Waals surface area contributed by atoms with Gasteiger partial charge in [0.15, 0.2) is 30.5 Å². The van der Waals surface area contributed by atoms with E-state index < -0.39 is 5.97 Å². The SMILES string of the molecule is C=CCc1ccc(OCC(=O)OCc2nnc(-c3ccco3)o2)c(OC)c1. The zero-order valence-electron chi connectivity index (χ0n) is 14.7. The highest BCUT2D eigenvalue weighted by Gasteiger charge is 2.14. The molecule has 0 aliphatic rings. The van der Waals surface area contributed by atoms with Crippen LogP contribution in [0.3, 0.4) is 0 Å². The van der Waals surface area contributed by atoms with Crippen LogP contribution in [0.5, 0.6) is 11.5 Å². The maximum atomic E-state index is 11.9. The first kappa shape index (κ1) is 18.2.